The van der Waals surface area contributed by atoms with Gasteiger partial charge >= 0.3 is 0 Å². The van der Waals surface area contributed by atoms with E-state index in [1.54, 1.807) is 7.41 Å². The molecule has 4 nitrogen and oxygen atoms in total. The van der Waals surface area contributed by atoms with Crippen LogP contribution in [0.5, 0.6) is 0 Å². The summed E-state index contributed by atoms with van der Waals surface area (Å²) in [4.78, 5) is 26.8. The maximum atomic E-state index is 13.1. The lowest BCUT2D eigenvalue weighted by molar-refractivity contribution is -0.121. The van der Waals surface area contributed by atoms with Crippen LogP contribution < -0.4 is 10.1 Å². The van der Waals surface area contributed by atoms with Crippen LogP contribution in [0.3, 0.4) is 0 Å². The molecule has 0 saturated heterocycles. The minimum atomic E-state index is 0.0203. The van der Waals surface area contributed by atoms with Crippen molar-refractivity contribution in [3.8, 4) is 0 Å². The summed E-state index contributed by atoms with van der Waals surface area (Å²) in [5.41, 5.74) is 4.41. The summed E-state index contributed by atoms with van der Waals surface area (Å²) >= 11 is 0. The van der Waals surface area contributed by atoms with Crippen LogP contribution in [0, 0.1) is 0 Å². The second kappa shape index (κ2) is 10.7. The molecule has 0 saturated carbocycles. The zero-order chi connectivity index (χ0) is 20.5. The first-order valence-electron chi connectivity index (χ1n) is 10.4. The van der Waals surface area contributed by atoms with Crippen LogP contribution in [0.2, 0.25) is 6.32 Å². The summed E-state index contributed by atoms with van der Waals surface area (Å²) in [5.74, 6) is 0.123. The van der Waals surface area contributed by atoms with Gasteiger partial charge in [0.15, 0.2) is 0 Å². The molecule has 1 aliphatic carbocycles. The van der Waals surface area contributed by atoms with Crippen molar-refractivity contribution in [1.29, 1.82) is 0 Å². The predicted octanol–water partition coefficient (Wildman–Crippen LogP) is 4.59. The van der Waals surface area contributed by atoms with E-state index in [0.717, 1.165) is 24.0 Å². The number of anilines is 1. The normalized spacial score (nSPS) is 16.2. The molecule has 3 rings (SSSR count). The van der Waals surface area contributed by atoms with Gasteiger partial charge in [-0.05, 0) is 42.0 Å². The number of fused-ring (bicyclic) bond motifs is 1. The molecule has 2 amide bonds. The molecule has 1 radical (unpaired) electrons. The zero-order valence-electron chi connectivity index (χ0n) is 17.1. The number of nitrogens with zero attached hydrogens (tertiary/aromatic N) is 1. The predicted molar refractivity (Wildman–Crippen MR) is 121 cm³/mol. The van der Waals surface area contributed by atoms with Gasteiger partial charge < -0.3 is 10.1 Å². The Morgan fingerprint density at radius 1 is 1.03 bits per heavy atom. The Hall–Kier alpha value is -2.82. The van der Waals surface area contributed by atoms with Crippen molar-refractivity contribution < 1.29 is 9.59 Å². The molecular weight excluding hydrogens is 359 g/mol. The van der Waals surface area contributed by atoms with E-state index in [1.807, 2.05) is 36.1 Å². The Bertz CT molecular complexity index is 867. The lowest BCUT2D eigenvalue weighted by atomic mass is 9.90. The molecule has 2 aliphatic rings. The van der Waals surface area contributed by atoms with Crippen molar-refractivity contribution in [3.63, 3.8) is 0 Å². The van der Waals surface area contributed by atoms with Crippen molar-refractivity contribution in [3.05, 3.63) is 71.4 Å². The van der Waals surface area contributed by atoms with Gasteiger partial charge in [-0.3, -0.25) is 9.59 Å². The van der Waals surface area contributed by atoms with E-state index in [1.165, 1.54) is 11.1 Å². The van der Waals surface area contributed by atoms with Crippen LogP contribution in [0.1, 0.15) is 44.6 Å². The fourth-order valence-corrected chi connectivity index (χ4v) is 3.54. The SMILES string of the molecule is CC[B]NC(=O)CCCCC(=O)N1CC2=C(/C=C\c3ccccc31)CC=CC=C2. The van der Waals surface area contributed by atoms with Gasteiger partial charge in [-0.2, -0.15) is 0 Å². The Morgan fingerprint density at radius 2 is 1.86 bits per heavy atom. The molecule has 0 aromatic heterocycles. The highest BCUT2D eigenvalue weighted by atomic mass is 16.2. The lowest BCUT2D eigenvalue weighted by Gasteiger charge is -2.27. The first-order valence-corrected chi connectivity index (χ1v) is 10.4. The van der Waals surface area contributed by atoms with Crippen LogP contribution in [0.25, 0.3) is 6.08 Å². The first-order chi connectivity index (χ1) is 14.2. The second-order valence-corrected chi connectivity index (χ2v) is 7.30. The van der Waals surface area contributed by atoms with E-state index < -0.39 is 0 Å². The highest BCUT2D eigenvalue weighted by Crippen LogP contribution is 2.29. The number of carbonyl (C=O) groups is 2. The summed E-state index contributed by atoms with van der Waals surface area (Å²) < 4.78 is 0. The molecule has 0 atom stereocenters. The molecule has 0 spiro atoms. The Balaban J connectivity index is 1.70. The van der Waals surface area contributed by atoms with Crippen LogP contribution in [-0.2, 0) is 9.59 Å². The van der Waals surface area contributed by atoms with Crippen molar-refractivity contribution in [2.24, 2.45) is 0 Å². The maximum Gasteiger partial charge on any atom is 0.245 e. The third kappa shape index (κ3) is 5.83. The minimum absolute atomic E-state index is 0.0203. The molecule has 1 aliphatic heterocycles. The third-order valence-electron chi connectivity index (χ3n) is 5.13. The molecule has 1 aromatic rings. The number of unbranched alkanes of at least 4 members (excludes halogenated alkanes) is 1. The number of allylic oxidation sites excluding steroid dienone is 5. The molecule has 1 aromatic carbocycles. The van der Waals surface area contributed by atoms with Gasteiger partial charge in [0.05, 0.1) is 12.2 Å². The molecule has 0 unspecified atom stereocenters. The van der Waals surface area contributed by atoms with Crippen LogP contribution in [0.15, 0.2) is 65.8 Å². The van der Waals surface area contributed by atoms with Crippen LogP contribution >= 0.6 is 0 Å². The fourth-order valence-electron chi connectivity index (χ4n) is 3.54. The van der Waals surface area contributed by atoms with E-state index in [2.05, 4.69) is 41.7 Å². The van der Waals surface area contributed by atoms with Crippen LogP contribution in [0.4, 0.5) is 5.69 Å². The van der Waals surface area contributed by atoms with Gasteiger partial charge in [0.1, 0.15) is 0 Å². The summed E-state index contributed by atoms with van der Waals surface area (Å²) in [6.07, 6.45) is 16.6. The summed E-state index contributed by atoms with van der Waals surface area (Å²) in [6, 6.07) is 8.04. The van der Waals surface area contributed by atoms with Gasteiger partial charge in [-0.15, -0.1) is 0 Å². The highest BCUT2D eigenvalue weighted by molar-refractivity contribution is 6.36. The fraction of sp³-hybridized carbons (Fsp3) is 0.333. The largest absolute Gasteiger partial charge is 0.403 e. The average Bonchev–Trinajstić information content (AvgIpc) is 2.95. The molecule has 0 fully saturated rings. The van der Waals surface area contributed by atoms with Gasteiger partial charge in [0.2, 0.25) is 19.2 Å². The van der Waals surface area contributed by atoms with E-state index in [4.69, 9.17) is 0 Å². The lowest BCUT2D eigenvalue weighted by Crippen LogP contribution is -2.33. The van der Waals surface area contributed by atoms with Gasteiger partial charge in [0.25, 0.3) is 0 Å². The van der Waals surface area contributed by atoms with Gasteiger partial charge in [-0.1, -0.05) is 67.9 Å². The number of amides is 2. The molecule has 29 heavy (non-hydrogen) atoms. The van der Waals surface area contributed by atoms with Crippen LogP contribution in [-0.4, -0.2) is 25.8 Å². The average molecular weight is 387 g/mol. The Labute approximate surface area is 174 Å². The summed E-state index contributed by atoms with van der Waals surface area (Å²) in [5, 5.41) is 2.76. The Morgan fingerprint density at radius 3 is 2.72 bits per heavy atom. The molecule has 1 heterocycles. The molecular formula is C24H28BN2O2. The van der Waals surface area contributed by atoms with Gasteiger partial charge in [0, 0.05) is 12.8 Å². The zero-order valence-corrected chi connectivity index (χ0v) is 17.1. The van der Waals surface area contributed by atoms with E-state index in [9.17, 15) is 9.59 Å². The van der Waals surface area contributed by atoms with Crippen molar-refractivity contribution in [1.82, 2.24) is 5.23 Å². The number of benzene rings is 1. The first kappa shape index (κ1) is 20.9. The molecule has 149 valence electrons. The second-order valence-electron chi connectivity index (χ2n) is 7.30. The van der Waals surface area contributed by atoms with E-state index in [0.29, 0.717) is 32.2 Å². The van der Waals surface area contributed by atoms with E-state index >= 15 is 0 Å². The number of carbonyl (C=O) groups excluding carboxylic acids is 2. The van der Waals surface area contributed by atoms with E-state index in [-0.39, 0.29) is 11.8 Å². The minimum Gasteiger partial charge on any atom is -0.403 e. The summed E-state index contributed by atoms with van der Waals surface area (Å²) in [7, 11) is 1.76. The number of rotatable bonds is 7. The van der Waals surface area contributed by atoms with Gasteiger partial charge in [-0.25, -0.2) is 0 Å². The third-order valence-corrected chi connectivity index (χ3v) is 5.13. The maximum absolute atomic E-state index is 13.1. The topological polar surface area (TPSA) is 49.4 Å². The quantitative estimate of drug-likeness (QED) is 0.550. The number of hydrogen-bond donors (Lipinski definition) is 1. The Kier molecular flexibility index (Phi) is 7.68. The number of nitrogens with one attached hydrogen (secondary N) is 1. The molecule has 1 N–H and O–H groups in total. The standard InChI is InChI=1S/C24H28BN2O2/c1-2-25-26-23(28)14-8-9-15-24(29)27-18-21-12-5-3-4-10-19(21)16-17-20-11-6-7-13-22(20)27/h3-7,11-13,16-17H,2,8-10,14-15,18H2,1H3,(H,26,28)/b17-16-. The number of hydrogen-bond acceptors (Lipinski definition) is 2. The molecule has 5 heteroatoms. The summed E-state index contributed by atoms with van der Waals surface area (Å²) in [6.45, 7) is 2.55. The number of para-hydroxylation sites is 1. The van der Waals surface area contributed by atoms with Crippen molar-refractivity contribution in [2.45, 2.75) is 45.3 Å². The monoisotopic (exact) mass is 387 g/mol. The molecule has 0 bridgehead atoms. The smallest absolute Gasteiger partial charge is 0.245 e. The highest BCUT2D eigenvalue weighted by Gasteiger charge is 2.21. The van der Waals surface area contributed by atoms with Crippen molar-refractivity contribution >= 4 is 31.0 Å². The van der Waals surface area contributed by atoms with Crippen molar-refractivity contribution in [2.75, 3.05) is 11.4 Å².